The van der Waals surface area contributed by atoms with Gasteiger partial charge in [-0.15, -0.1) is 0 Å². The lowest BCUT2D eigenvalue weighted by Gasteiger charge is -2.31. The molecule has 112 valence electrons. The van der Waals surface area contributed by atoms with E-state index in [1.54, 1.807) is 7.11 Å². The lowest BCUT2D eigenvalue weighted by molar-refractivity contribution is -0.0227. The standard InChI is InChI=1S/C17H27NO2/c1-3-14-6-4-5-7-17(14)20-12-15-10-13(11-18)8-9-16(15)19-2/h8-10,14,17H,3-7,11-12,18H2,1-2H3. The fraction of sp³-hybridized carbons (Fsp3) is 0.647. The number of hydrogen-bond donors (Lipinski definition) is 1. The van der Waals surface area contributed by atoms with Crippen molar-refractivity contribution in [3.05, 3.63) is 29.3 Å². The van der Waals surface area contributed by atoms with Gasteiger partial charge in [0.2, 0.25) is 0 Å². The van der Waals surface area contributed by atoms with Gasteiger partial charge in [0.25, 0.3) is 0 Å². The van der Waals surface area contributed by atoms with Crippen LogP contribution in [-0.4, -0.2) is 13.2 Å². The zero-order valence-electron chi connectivity index (χ0n) is 12.7. The maximum absolute atomic E-state index is 6.19. The van der Waals surface area contributed by atoms with E-state index in [0.717, 1.165) is 16.9 Å². The van der Waals surface area contributed by atoms with Crippen LogP contribution in [0.1, 0.15) is 50.2 Å². The van der Waals surface area contributed by atoms with Crippen LogP contribution in [0.5, 0.6) is 5.75 Å². The van der Waals surface area contributed by atoms with Crippen LogP contribution in [0, 0.1) is 5.92 Å². The second kappa shape index (κ2) is 7.65. The average Bonchev–Trinajstić information content (AvgIpc) is 2.52. The molecule has 2 unspecified atom stereocenters. The molecule has 0 aromatic heterocycles. The maximum atomic E-state index is 6.19. The Morgan fingerprint density at radius 1 is 1.25 bits per heavy atom. The van der Waals surface area contributed by atoms with Gasteiger partial charge in [-0.25, -0.2) is 0 Å². The predicted molar refractivity (Wildman–Crippen MR) is 81.7 cm³/mol. The third-order valence-corrected chi connectivity index (χ3v) is 4.40. The summed E-state index contributed by atoms with van der Waals surface area (Å²) in [4.78, 5) is 0. The number of benzene rings is 1. The Morgan fingerprint density at radius 3 is 2.75 bits per heavy atom. The van der Waals surface area contributed by atoms with E-state index >= 15 is 0 Å². The molecule has 0 spiro atoms. The molecule has 0 heterocycles. The van der Waals surface area contributed by atoms with Crippen LogP contribution >= 0.6 is 0 Å². The Morgan fingerprint density at radius 2 is 2.05 bits per heavy atom. The molecule has 1 aromatic rings. The van der Waals surface area contributed by atoms with E-state index in [4.69, 9.17) is 15.2 Å². The van der Waals surface area contributed by atoms with E-state index < -0.39 is 0 Å². The minimum absolute atomic E-state index is 0.403. The Balaban J connectivity index is 2.01. The van der Waals surface area contributed by atoms with E-state index in [9.17, 15) is 0 Å². The molecule has 0 radical (unpaired) electrons. The van der Waals surface area contributed by atoms with Crippen molar-refractivity contribution in [1.82, 2.24) is 0 Å². The van der Waals surface area contributed by atoms with Crippen molar-refractivity contribution in [2.24, 2.45) is 11.7 Å². The molecule has 1 aliphatic carbocycles. The minimum Gasteiger partial charge on any atom is -0.496 e. The first-order valence-electron chi connectivity index (χ1n) is 7.76. The highest BCUT2D eigenvalue weighted by Crippen LogP contribution is 2.30. The third kappa shape index (κ3) is 3.74. The Labute approximate surface area is 122 Å². The van der Waals surface area contributed by atoms with Gasteiger partial charge in [-0.2, -0.15) is 0 Å². The molecule has 2 rings (SSSR count). The topological polar surface area (TPSA) is 44.5 Å². The Hall–Kier alpha value is -1.06. The van der Waals surface area contributed by atoms with Crippen LogP contribution in [-0.2, 0) is 17.9 Å². The maximum Gasteiger partial charge on any atom is 0.124 e. The Kier molecular flexibility index (Phi) is 5.86. The zero-order valence-corrected chi connectivity index (χ0v) is 12.7. The molecule has 0 bridgehead atoms. The van der Waals surface area contributed by atoms with E-state index in [2.05, 4.69) is 13.0 Å². The molecule has 0 amide bonds. The molecular weight excluding hydrogens is 250 g/mol. The fourth-order valence-electron chi connectivity index (χ4n) is 3.13. The van der Waals surface area contributed by atoms with Gasteiger partial charge >= 0.3 is 0 Å². The van der Waals surface area contributed by atoms with Crippen LogP contribution in [0.4, 0.5) is 0 Å². The molecule has 3 heteroatoms. The number of nitrogens with two attached hydrogens (primary N) is 1. The summed E-state index contributed by atoms with van der Waals surface area (Å²) in [6.07, 6.45) is 6.76. The summed E-state index contributed by atoms with van der Waals surface area (Å²) in [5, 5.41) is 0. The highest BCUT2D eigenvalue weighted by Gasteiger charge is 2.24. The lowest BCUT2D eigenvalue weighted by atomic mass is 9.85. The highest BCUT2D eigenvalue weighted by molar-refractivity contribution is 5.36. The molecule has 0 saturated heterocycles. The second-order valence-electron chi connectivity index (χ2n) is 5.65. The average molecular weight is 277 g/mol. The normalized spacial score (nSPS) is 22.8. The lowest BCUT2D eigenvalue weighted by Crippen LogP contribution is -2.27. The molecule has 3 nitrogen and oxygen atoms in total. The summed E-state index contributed by atoms with van der Waals surface area (Å²) in [5.41, 5.74) is 7.94. The molecule has 1 saturated carbocycles. The highest BCUT2D eigenvalue weighted by atomic mass is 16.5. The summed E-state index contributed by atoms with van der Waals surface area (Å²) in [5.74, 6) is 1.61. The van der Waals surface area contributed by atoms with E-state index in [1.165, 1.54) is 32.1 Å². The van der Waals surface area contributed by atoms with Crippen molar-refractivity contribution in [2.45, 2.75) is 58.3 Å². The van der Waals surface area contributed by atoms with Gasteiger partial charge < -0.3 is 15.2 Å². The van der Waals surface area contributed by atoms with E-state index in [0.29, 0.717) is 25.2 Å². The van der Waals surface area contributed by atoms with Gasteiger partial charge in [0.15, 0.2) is 0 Å². The Bertz CT molecular complexity index is 419. The molecule has 2 atom stereocenters. The van der Waals surface area contributed by atoms with E-state index in [-0.39, 0.29) is 0 Å². The number of ether oxygens (including phenoxy) is 2. The van der Waals surface area contributed by atoms with Gasteiger partial charge in [-0.05, 0) is 36.5 Å². The van der Waals surface area contributed by atoms with Crippen molar-refractivity contribution >= 4 is 0 Å². The van der Waals surface area contributed by atoms with Crippen molar-refractivity contribution in [3.8, 4) is 5.75 Å². The van der Waals surface area contributed by atoms with Crippen molar-refractivity contribution in [2.75, 3.05) is 7.11 Å². The molecule has 1 fully saturated rings. The molecule has 20 heavy (non-hydrogen) atoms. The quantitative estimate of drug-likeness (QED) is 0.863. The third-order valence-electron chi connectivity index (χ3n) is 4.40. The molecule has 1 aliphatic rings. The van der Waals surface area contributed by atoms with Gasteiger partial charge in [-0.3, -0.25) is 0 Å². The monoisotopic (exact) mass is 277 g/mol. The summed E-state index contributed by atoms with van der Waals surface area (Å²) >= 11 is 0. The zero-order chi connectivity index (χ0) is 14.4. The van der Waals surface area contributed by atoms with Crippen molar-refractivity contribution in [3.63, 3.8) is 0 Å². The summed E-state index contributed by atoms with van der Waals surface area (Å²) in [6, 6.07) is 6.10. The molecule has 2 N–H and O–H groups in total. The summed E-state index contributed by atoms with van der Waals surface area (Å²) in [6.45, 7) is 3.44. The van der Waals surface area contributed by atoms with Crippen molar-refractivity contribution in [1.29, 1.82) is 0 Å². The van der Waals surface area contributed by atoms with Crippen LogP contribution in [0.3, 0.4) is 0 Å². The minimum atomic E-state index is 0.403. The molecular formula is C17H27NO2. The van der Waals surface area contributed by atoms with Crippen LogP contribution in [0.2, 0.25) is 0 Å². The second-order valence-corrected chi connectivity index (χ2v) is 5.65. The van der Waals surface area contributed by atoms with Gasteiger partial charge in [0, 0.05) is 12.1 Å². The van der Waals surface area contributed by atoms with Gasteiger partial charge in [0.1, 0.15) is 5.75 Å². The first-order valence-corrected chi connectivity index (χ1v) is 7.76. The smallest absolute Gasteiger partial charge is 0.124 e. The molecule has 0 aliphatic heterocycles. The first kappa shape index (κ1) is 15.3. The predicted octanol–water partition coefficient (Wildman–Crippen LogP) is 3.64. The molecule has 1 aromatic carbocycles. The summed E-state index contributed by atoms with van der Waals surface area (Å²) < 4.78 is 11.6. The van der Waals surface area contributed by atoms with Crippen molar-refractivity contribution < 1.29 is 9.47 Å². The number of hydrogen-bond acceptors (Lipinski definition) is 3. The number of rotatable bonds is 6. The largest absolute Gasteiger partial charge is 0.496 e. The number of methoxy groups -OCH3 is 1. The van der Waals surface area contributed by atoms with Crippen LogP contribution in [0.15, 0.2) is 18.2 Å². The fourth-order valence-corrected chi connectivity index (χ4v) is 3.13. The van der Waals surface area contributed by atoms with Crippen LogP contribution in [0.25, 0.3) is 0 Å². The first-order chi connectivity index (χ1) is 9.78. The SMILES string of the molecule is CCC1CCCCC1OCc1cc(CN)ccc1OC. The van der Waals surface area contributed by atoms with E-state index in [1.807, 2.05) is 12.1 Å². The summed E-state index contributed by atoms with van der Waals surface area (Å²) in [7, 11) is 1.70. The van der Waals surface area contributed by atoms with Gasteiger partial charge in [0.05, 0.1) is 19.8 Å². The van der Waals surface area contributed by atoms with Gasteiger partial charge in [-0.1, -0.05) is 32.3 Å². The van der Waals surface area contributed by atoms with Crippen LogP contribution < -0.4 is 10.5 Å².